The Hall–Kier alpha value is -1.33. The molecule has 6 heteroatoms. The number of amidine groups is 1. The van der Waals surface area contributed by atoms with Crippen LogP contribution in [0.15, 0.2) is 23.4 Å². The number of nitrogens with two attached hydrogens (primary N) is 1. The molecule has 0 saturated heterocycles. The van der Waals surface area contributed by atoms with Gasteiger partial charge in [-0.15, -0.1) is 0 Å². The fourth-order valence-corrected chi connectivity index (χ4v) is 1.66. The molecule has 0 bridgehead atoms. The van der Waals surface area contributed by atoms with E-state index in [-0.39, 0.29) is 11.7 Å². The highest BCUT2D eigenvalue weighted by molar-refractivity contribution is 6.31. The first-order chi connectivity index (χ1) is 8.06. The molecule has 94 valence electrons. The van der Waals surface area contributed by atoms with Gasteiger partial charge in [-0.3, -0.25) is 4.90 Å². The molecule has 0 heterocycles. The molecule has 0 aliphatic heterocycles. The minimum absolute atomic E-state index is 0.130. The second-order valence-electron chi connectivity index (χ2n) is 3.63. The van der Waals surface area contributed by atoms with Gasteiger partial charge >= 0.3 is 0 Å². The van der Waals surface area contributed by atoms with E-state index in [0.29, 0.717) is 24.7 Å². The van der Waals surface area contributed by atoms with Gasteiger partial charge in [0.25, 0.3) is 0 Å². The number of nitrogens with zero attached hydrogens (tertiary/aromatic N) is 2. The summed E-state index contributed by atoms with van der Waals surface area (Å²) in [6.07, 6.45) is 0. The van der Waals surface area contributed by atoms with Crippen LogP contribution in [-0.4, -0.2) is 29.0 Å². The first-order valence-electron chi connectivity index (χ1n) is 5.19. The Morgan fingerprint density at radius 1 is 1.59 bits per heavy atom. The van der Waals surface area contributed by atoms with Crippen LogP contribution in [0, 0.1) is 5.82 Å². The van der Waals surface area contributed by atoms with Crippen molar-refractivity contribution in [2.24, 2.45) is 10.9 Å². The summed E-state index contributed by atoms with van der Waals surface area (Å²) in [5.74, 6) is -0.233. The van der Waals surface area contributed by atoms with Gasteiger partial charge in [-0.05, 0) is 24.2 Å². The van der Waals surface area contributed by atoms with Crippen molar-refractivity contribution in [2.45, 2.75) is 13.5 Å². The monoisotopic (exact) mass is 259 g/mol. The molecule has 0 atom stereocenters. The van der Waals surface area contributed by atoms with Crippen LogP contribution < -0.4 is 5.73 Å². The summed E-state index contributed by atoms with van der Waals surface area (Å²) in [5.41, 5.74) is 6.24. The van der Waals surface area contributed by atoms with Crippen LogP contribution >= 0.6 is 11.6 Å². The summed E-state index contributed by atoms with van der Waals surface area (Å²) in [7, 11) is 0. The Kier molecular flexibility index (Phi) is 5.18. The second-order valence-corrected chi connectivity index (χ2v) is 4.04. The third-order valence-electron chi connectivity index (χ3n) is 2.37. The second kappa shape index (κ2) is 6.42. The van der Waals surface area contributed by atoms with E-state index in [1.807, 2.05) is 11.8 Å². The third kappa shape index (κ3) is 4.20. The summed E-state index contributed by atoms with van der Waals surface area (Å²) in [4.78, 5) is 1.92. The Balaban J connectivity index is 2.73. The topological polar surface area (TPSA) is 61.8 Å². The molecule has 0 aliphatic rings. The van der Waals surface area contributed by atoms with Crippen molar-refractivity contribution in [1.82, 2.24) is 4.90 Å². The number of oxime groups is 1. The minimum Gasteiger partial charge on any atom is -0.409 e. The maximum atomic E-state index is 12.9. The third-order valence-corrected chi connectivity index (χ3v) is 2.72. The Bertz CT molecular complexity index is 412. The molecular formula is C11H15ClFN3O. The number of hydrogen-bond donors (Lipinski definition) is 2. The largest absolute Gasteiger partial charge is 0.409 e. The Labute approximate surface area is 104 Å². The predicted molar refractivity (Wildman–Crippen MR) is 65.8 cm³/mol. The van der Waals surface area contributed by atoms with Gasteiger partial charge in [-0.1, -0.05) is 29.7 Å². The van der Waals surface area contributed by atoms with Crippen molar-refractivity contribution in [2.75, 3.05) is 13.1 Å². The van der Waals surface area contributed by atoms with Crippen LogP contribution in [0.3, 0.4) is 0 Å². The number of rotatable bonds is 5. The van der Waals surface area contributed by atoms with Crippen LogP contribution in [0.5, 0.6) is 0 Å². The van der Waals surface area contributed by atoms with Crippen molar-refractivity contribution in [3.63, 3.8) is 0 Å². The summed E-state index contributed by atoms with van der Waals surface area (Å²) in [6, 6.07) is 4.26. The molecule has 4 nitrogen and oxygen atoms in total. The molecule has 1 aromatic rings. The number of halogens is 2. The van der Waals surface area contributed by atoms with Crippen molar-refractivity contribution < 1.29 is 9.60 Å². The van der Waals surface area contributed by atoms with E-state index < -0.39 is 0 Å². The number of hydrogen-bond acceptors (Lipinski definition) is 3. The van der Waals surface area contributed by atoms with Crippen LogP contribution in [0.2, 0.25) is 5.02 Å². The van der Waals surface area contributed by atoms with E-state index in [9.17, 15) is 4.39 Å². The summed E-state index contributed by atoms with van der Waals surface area (Å²) < 4.78 is 12.9. The molecular weight excluding hydrogens is 245 g/mol. The van der Waals surface area contributed by atoms with E-state index >= 15 is 0 Å². The summed E-state index contributed by atoms with van der Waals surface area (Å²) in [5, 5.41) is 11.8. The van der Waals surface area contributed by atoms with Gasteiger partial charge in [0.05, 0.1) is 6.54 Å². The Morgan fingerprint density at radius 3 is 2.82 bits per heavy atom. The van der Waals surface area contributed by atoms with E-state index in [2.05, 4.69) is 5.16 Å². The van der Waals surface area contributed by atoms with E-state index in [4.69, 9.17) is 22.5 Å². The van der Waals surface area contributed by atoms with E-state index in [0.717, 1.165) is 5.56 Å². The SMILES string of the molecule is CCN(CC(N)=NO)Cc1ccc(F)cc1Cl. The van der Waals surface area contributed by atoms with Crippen molar-refractivity contribution in [1.29, 1.82) is 0 Å². The maximum Gasteiger partial charge on any atom is 0.153 e. The molecule has 1 rings (SSSR count). The highest BCUT2D eigenvalue weighted by Gasteiger charge is 2.09. The maximum absolute atomic E-state index is 12.9. The molecule has 0 amide bonds. The smallest absolute Gasteiger partial charge is 0.153 e. The average Bonchev–Trinajstić information content (AvgIpc) is 2.31. The molecule has 0 fully saturated rings. The van der Waals surface area contributed by atoms with Crippen LogP contribution in [0.1, 0.15) is 12.5 Å². The lowest BCUT2D eigenvalue weighted by Crippen LogP contribution is -2.33. The number of benzene rings is 1. The van der Waals surface area contributed by atoms with Gasteiger partial charge in [0.2, 0.25) is 0 Å². The first-order valence-corrected chi connectivity index (χ1v) is 5.57. The number of likely N-dealkylation sites (N-methyl/N-ethyl adjacent to an activating group) is 1. The fraction of sp³-hybridized carbons (Fsp3) is 0.364. The lowest BCUT2D eigenvalue weighted by atomic mass is 10.2. The molecule has 0 saturated carbocycles. The van der Waals surface area contributed by atoms with Gasteiger partial charge in [-0.25, -0.2) is 4.39 Å². The first kappa shape index (κ1) is 13.7. The molecule has 17 heavy (non-hydrogen) atoms. The van der Waals surface area contributed by atoms with Crippen molar-refractivity contribution in [3.05, 3.63) is 34.6 Å². The molecule has 1 aromatic carbocycles. The lowest BCUT2D eigenvalue weighted by Gasteiger charge is -2.20. The molecule has 0 aromatic heterocycles. The molecule has 3 N–H and O–H groups in total. The highest BCUT2D eigenvalue weighted by Crippen LogP contribution is 2.18. The van der Waals surface area contributed by atoms with Gasteiger partial charge in [0.1, 0.15) is 5.82 Å². The van der Waals surface area contributed by atoms with E-state index in [1.54, 1.807) is 6.07 Å². The van der Waals surface area contributed by atoms with Gasteiger partial charge in [0.15, 0.2) is 5.84 Å². The van der Waals surface area contributed by atoms with Gasteiger partial charge in [0, 0.05) is 11.6 Å². The molecule has 0 radical (unpaired) electrons. The zero-order valence-corrected chi connectivity index (χ0v) is 10.3. The van der Waals surface area contributed by atoms with Crippen LogP contribution in [0.4, 0.5) is 4.39 Å². The highest BCUT2D eigenvalue weighted by atomic mass is 35.5. The zero-order valence-electron chi connectivity index (χ0n) is 9.53. The molecule has 0 spiro atoms. The summed E-state index contributed by atoms with van der Waals surface area (Å²) >= 11 is 5.92. The minimum atomic E-state index is -0.363. The summed E-state index contributed by atoms with van der Waals surface area (Å²) in [6.45, 7) is 3.51. The Morgan fingerprint density at radius 2 is 2.29 bits per heavy atom. The average molecular weight is 260 g/mol. The van der Waals surface area contributed by atoms with Gasteiger partial charge in [-0.2, -0.15) is 0 Å². The van der Waals surface area contributed by atoms with Gasteiger partial charge < -0.3 is 10.9 Å². The van der Waals surface area contributed by atoms with Crippen LogP contribution in [0.25, 0.3) is 0 Å². The predicted octanol–water partition coefficient (Wildman–Crippen LogP) is 2.05. The molecule has 0 unspecified atom stereocenters. The van der Waals surface area contributed by atoms with Crippen molar-refractivity contribution in [3.8, 4) is 0 Å². The molecule has 0 aliphatic carbocycles. The fourth-order valence-electron chi connectivity index (χ4n) is 1.43. The normalized spacial score (nSPS) is 12.1. The van der Waals surface area contributed by atoms with Crippen LogP contribution in [-0.2, 0) is 6.54 Å². The quantitative estimate of drug-likeness (QED) is 0.368. The lowest BCUT2D eigenvalue weighted by molar-refractivity contribution is 0.294. The van der Waals surface area contributed by atoms with E-state index in [1.165, 1.54) is 12.1 Å². The zero-order chi connectivity index (χ0) is 12.8. The van der Waals surface area contributed by atoms with Crippen molar-refractivity contribution >= 4 is 17.4 Å². The standard InChI is InChI=1S/C11H15ClFN3O/c1-2-16(7-11(14)15-17)6-8-3-4-9(13)5-10(8)12/h3-5,17H,2,6-7H2,1H3,(H2,14,15).